The molecule has 0 saturated carbocycles. The summed E-state index contributed by atoms with van der Waals surface area (Å²) in [7, 11) is 0. The van der Waals surface area contributed by atoms with E-state index >= 15 is 0 Å². The minimum atomic E-state index is -0.660. The summed E-state index contributed by atoms with van der Waals surface area (Å²) in [4.78, 5) is 24.5. The molecule has 6 heteroatoms. The number of hydrogen-bond donors (Lipinski definition) is 3. The molecular weight excluding hydrogens is 911 g/mol. The highest BCUT2D eigenvalue weighted by Gasteiger charge is 2.20. The highest BCUT2D eigenvalue weighted by molar-refractivity contribution is 5.76. The van der Waals surface area contributed by atoms with Gasteiger partial charge >= 0.3 is 5.97 Å². The predicted molar refractivity (Wildman–Crippen MR) is 324 cm³/mol. The van der Waals surface area contributed by atoms with Crippen LogP contribution in [0.4, 0.5) is 0 Å². The van der Waals surface area contributed by atoms with Gasteiger partial charge in [-0.05, 0) is 57.8 Å². The third kappa shape index (κ3) is 59.6. The van der Waals surface area contributed by atoms with Crippen LogP contribution < -0.4 is 5.32 Å². The number of allylic oxidation sites excluding steroid dienone is 4. The van der Waals surface area contributed by atoms with E-state index in [1.807, 2.05) is 0 Å². The Kier molecular flexibility index (Phi) is 62.4. The lowest BCUT2D eigenvalue weighted by atomic mass is 10.0. The molecule has 0 rings (SSSR count). The third-order valence-corrected chi connectivity index (χ3v) is 15.8. The van der Waals surface area contributed by atoms with E-state index in [2.05, 4.69) is 43.5 Å². The largest absolute Gasteiger partial charge is 0.466 e. The van der Waals surface area contributed by atoms with Gasteiger partial charge in [0.1, 0.15) is 0 Å². The van der Waals surface area contributed by atoms with Crippen molar-refractivity contribution in [2.75, 3.05) is 13.2 Å². The van der Waals surface area contributed by atoms with E-state index in [-0.39, 0.29) is 18.5 Å². The van der Waals surface area contributed by atoms with Crippen molar-refractivity contribution >= 4 is 11.9 Å². The number of carbonyl (C=O) groups is 2. The van der Waals surface area contributed by atoms with E-state index in [0.29, 0.717) is 25.9 Å². The maximum Gasteiger partial charge on any atom is 0.305 e. The van der Waals surface area contributed by atoms with Crippen molar-refractivity contribution in [3.05, 3.63) is 24.3 Å². The summed E-state index contributed by atoms with van der Waals surface area (Å²) >= 11 is 0. The first-order valence-corrected chi connectivity index (χ1v) is 33.6. The van der Waals surface area contributed by atoms with Crippen LogP contribution in [0.2, 0.25) is 0 Å². The standard InChI is InChI=1S/C68H131NO5/c1-3-5-7-9-11-13-15-42-46-50-54-58-62-68(73)74-63-59-55-51-47-43-40-38-36-34-32-30-28-26-24-22-20-18-16-17-19-21-23-25-27-29-31-33-35-37-39-41-45-49-53-57-61-67(72)69-65(64-70)66(71)60-56-52-48-44-14-12-10-8-6-4-2/h18,20,24,26,65-66,70-71H,3-17,19,21-23,25,27-64H2,1-2H3,(H,69,72)/b20-18-,26-24-. The molecule has 2 unspecified atom stereocenters. The number of aliphatic hydroxyl groups is 2. The molecule has 3 N–H and O–H groups in total. The molecule has 1 amide bonds. The summed E-state index contributed by atoms with van der Waals surface area (Å²) in [6, 6.07) is -0.537. The second-order valence-electron chi connectivity index (χ2n) is 23.2. The fourth-order valence-corrected chi connectivity index (χ4v) is 10.6. The van der Waals surface area contributed by atoms with Crippen molar-refractivity contribution in [2.45, 2.75) is 386 Å². The van der Waals surface area contributed by atoms with Crippen molar-refractivity contribution in [3.8, 4) is 0 Å². The maximum atomic E-state index is 12.4. The van der Waals surface area contributed by atoms with Gasteiger partial charge in [-0.3, -0.25) is 9.59 Å². The van der Waals surface area contributed by atoms with Gasteiger partial charge in [-0.15, -0.1) is 0 Å². The molecule has 0 fully saturated rings. The quantitative estimate of drug-likeness (QED) is 0.0320. The van der Waals surface area contributed by atoms with Gasteiger partial charge in [0.15, 0.2) is 0 Å². The number of esters is 1. The smallest absolute Gasteiger partial charge is 0.305 e. The topological polar surface area (TPSA) is 95.9 Å². The van der Waals surface area contributed by atoms with Gasteiger partial charge in [0, 0.05) is 12.8 Å². The zero-order valence-corrected chi connectivity index (χ0v) is 50.1. The number of rotatable bonds is 63. The summed E-state index contributed by atoms with van der Waals surface area (Å²) in [5.41, 5.74) is 0. The molecule has 0 aliphatic heterocycles. The first-order valence-electron chi connectivity index (χ1n) is 33.6. The number of nitrogens with one attached hydrogen (secondary N) is 1. The molecule has 0 heterocycles. The van der Waals surface area contributed by atoms with E-state index in [0.717, 1.165) is 44.9 Å². The predicted octanol–water partition coefficient (Wildman–Crippen LogP) is 21.4. The Morgan fingerprint density at radius 3 is 1.03 bits per heavy atom. The van der Waals surface area contributed by atoms with Crippen LogP contribution in [0, 0.1) is 0 Å². The van der Waals surface area contributed by atoms with Gasteiger partial charge in [-0.2, -0.15) is 0 Å². The zero-order valence-electron chi connectivity index (χ0n) is 50.1. The van der Waals surface area contributed by atoms with E-state index in [1.165, 1.54) is 295 Å². The Bertz CT molecular complexity index is 1150. The van der Waals surface area contributed by atoms with Crippen molar-refractivity contribution < 1.29 is 24.5 Å². The van der Waals surface area contributed by atoms with Crippen LogP contribution in [0.1, 0.15) is 373 Å². The van der Waals surface area contributed by atoms with Crippen LogP contribution in [0.3, 0.4) is 0 Å². The minimum Gasteiger partial charge on any atom is -0.466 e. The summed E-state index contributed by atoms with van der Waals surface area (Å²) in [6.07, 6.45) is 79.5. The number of unbranched alkanes of at least 4 members (excludes halogenated alkanes) is 48. The normalized spacial score (nSPS) is 12.6. The van der Waals surface area contributed by atoms with E-state index < -0.39 is 12.1 Å². The van der Waals surface area contributed by atoms with Gasteiger partial charge in [-0.1, -0.05) is 327 Å². The van der Waals surface area contributed by atoms with E-state index in [4.69, 9.17) is 4.74 Å². The monoisotopic (exact) mass is 1040 g/mol. The number of amides is 1. The van der Waals surface area contributed by atoms with Crippen molar-refractivity contribution in [1.29, 1.82) is 0 Å². The number of hydrogen-bond acceptors (Lipinski definition) is 5. The molecular formula is C68H131NO5. The number of aliphatic hydroxyl groups excluding tert-OH is 2. The molecule has 0 spiro atoms. The van der Waals surface area contributed by atoms with Crippen molar-refractivity contribution in [3.63, 3.8) is 0 Å². The third-order valence-electron chi connectivity index (χ3n) is 15.8. The van der Waals surface area contributed by atoms with Crippen LogP contribution in [0.25, 0.3) is 0 Å². The van der Waals surface area contributed by atoms with Crippen LogP contribution in [0.15, 0.2) is 24.3 Å². The molecule has 0 bridgehead atoms. The molecule has 2 atom stereocenters. The van der Waals surface area contributed by atoms with Gasteiger partial charge in [-0.25, -0.2) is 0 Å². The lowest BCUT2D eigenvalue weighted by Gasteiger charge is -2.22. The Morgan fingerprint density at radius 2 is 0.676 bits per heavy atom. The second-order valence-corrected chi connectivity index (χ2v) is 23.2. The molecule has 0 aromatic carbocycles. The molecule has 0 aromatic heterocycles. The highest BCUT2D eigenvalue weighted by atomic mass is 16.5. The Balaban J connectivity index is 3.34. The molecule has 6 nitrogen and oxygen atoms in total. The molecule has 438 valence electrons. The van der Waals surface area contributed by atoms with E-state index in [9.17, 15) is 19.8 Å². The summed E-state index contributed by atoms with van der Waals surface area (Å²) in [5.74, 6) is -0.0149. The summed E-state index contributed by atoms with van der Waals surface area (Å²) < 4.78 is 5.48. The molecule has 0 aliphatic carbocycles. The fraction of sp³-hybridized carbons (Fsp3) is 0.912. The summed E-state index contributed by atoms with van der Waals surface area (Å²) in [5, 5.41) is 23.2. The average molecular weight is 1040 g/mol. The minimum absolute atomic E-state index is 0.0178. The summed E-state index contributed by atoms with van der Waals surface area (Å²) in [6.45, 7) is 4.96. The molecule has 74 heavy (non-hydrogen) atoms. The number of carbonyl (C=O) groups excluding carboxylic acids is 2. The van der Waals surface area contributed by atoms with E-state index in [1.54, 1.807) is 0 Å². The zero-order chi connectivity index (χ0) is 53.6. The van der Waals surface area contributed by atoms with Crippen LogP contribution in [-0.2, 0) is 14.3 Å². The van der Waals surface area contributed by atoms with Gasteiger partial charge in [0.2, 0.25) is 5.91 Å². The Hall–Kier alpha value is -1.66. The fourth-order valence-electron chi connectivity index (χ4n) is 10.6. The highest BCUT2D eigenvalue weighted by Crippen LogP contribution is 2.18. The lowest BCUT2D eigenvalue weighted by molar-refractivity contribution is -0.143. The maximum absolute atomic E-state index is 12.4. The van der Waals surface area contributed by atoms with Crippen molar-refractivity contribution in [2.24, 2.45) is 0 Å². The molecule has 0 saturated heterocycles. The first kappa shape index (κ1) is 72.3. The molecule has 0 aromatic rings. The number of ether oxygens (including phenoxy) is 1. The SMILES string of the molecule is CCCCCCCCCCCCCCC(=O)OCCCCCCCCCCCCC/C=C\C/C=C\CCCCCCCCCCCCCCCCCCCC(=O)NC(CO)C(O)CCCCCCCCCCCC. The van der Waals surface area contributed by atoms with Gasteiger partial charge in [0.05, 0.1) is 25.4 Å². The van der Waals surface area contributed by atoms with Crippen LogP contribution in [-0.4, -0.2) is 47.4 Å². The van der Waals surface area contributed by atoms with Gasteiger partial charge in [0.25, 0.3) is 0 Å². The average Bonchev–Trinajstić information content (AvgIpc) is 3.40. The van der Waals surface area contributed by atoms with Crippen molar-refractivity contribution in [1.82, 2.24) is 5.32 Å². The lowest BCUT2D eigenvalue weighted by Crippen LogP contribution is -2.45. The van der Waals surface area contributed by atoms with Crippen LogP contribution in [0.5, 0.6) is 0 Å². The van der Waals surface area contributed by atoms with Gasteiger partial charge < -0.3 is 20.3 Å². The van der Waals surface area contributed by atoms with Crippen LogP contribution >= 0.6 is 0 Å². The first-order chi connectivity index (χ1) is 36.5. The second kappa shape index (κ2) is 63.9. The molecule has 0 aliphatic rings. The molecule has 0 radical (unpaired) electrons. The Morgan fingerprint density at radius 1 is 0.378 bits per heavy atom. The Labute approximate surface area is 462 Å².